The van der Waals surface area contributed by atoms with Crippen LogP contribution >= 0.6 is 0 Å². The summed E-state index contributed by atoms with van der Waals surface area (Å²) in [6, 6.07) is 4.81. The fourth-order valence-electron chi connectivity index (χ4n) is 5.08. The molecule has 0 bridgehead atoms. The molecule has 0 atom stereocenters. The molecule has 4 heterocycles. The van der Waals surface area contributed by atoms with E-state index in [1.807, 2.05) is 13.8 Å². The van der Waals surface area contributed by atoms with Crippen molar-refractivity contribution < 1.29 is 13.2 Å². The Kier molecular flexibility index (Phi) is 8.25. The molecule has 1 saturated heterocycles. The number of sulfonamides is 1. The number of fused-ring (bicyclic) bond motifs is 1. The van der Waals surface area contributed by atoms with Crippen LogP contribution in [-0.4, -0.2) is 91.0 Å². The van der Waals surface area contributed by atoms with Gasteiger partial charge in [-0.05, 0) is 37.6 Å². The van der Waals surface area contributed by atoms with Crippen molar-refractivity contribution in [3.63, 3.8) is 0 Å². The first-order valence-corrected chi connectivity index (χ1v) is 15.5. The van der Waals surface area contributed by atoms with Crippen LogP contribution in [0.5, 0.6) is 5.75 Å². The second kappa shape index (κ2) is 11.7. The van der Waals surface area contributed by atoms with E-state index in [0.717, 1.165) is 19.4 Å². The van der Waals surface area contributed by atoms with Gasteiger partial charge in [0.2, 0.25) is 10.0 Å². The van der Waals surface area contributed by atoms with Crippen molar-refractivity contribution in [3.05, 3.63) is 40.6 Å². The van der Waals surface area contributed by atoms with Crippen molar-refractivity contribution in [2.24, 2.45) is 14.1 Å². The summed E-state index contributed by atoms with van der Waals surface area (Å²) >= 11 is 0. The molecule has 3 aromatic heterocycles. The summed E-state index contributed by atoms with van der Waals surface area (Å²) in [6.45, 7) is 9.62. The van der Waals surface area contributed by atoms with E-state index in [-0.39, 0.29) is 16.0 Å². The zero-order valence-corrected chi connectivity index (χ0v) is 25.1. The molecule has 1 fully saturated rings. The fraction of sp³-hybridized carbons (Fsp3) is 0.519. The lowest BCUT2D eigenvalue weighted by molar-refractivity contribution is 0.196. The summed E-state index contributed by atoms with van der Waals surface area (Å²) in [6.07, 6.45) is 3.69. The molecule has 0 spiro atoms. The van der Waals surface area contributed by atoms with Crippen LogP contribution < -0.4 is 10.3 Å². The van der Waals surface area contributed by atoms with Crippen molar-refractivity contribution in [2.75, 3.05) is 39.3 Å². The van der Waals surface area contributed by atoms with E-state index in [1.165, 1.54) is 13.6 Å². The number of aryl methyl sites for hydroxylation is 2. The molecule has 220 valence electrons. The summed E-state index contributed by atoms with van der Waals surface area (Å²) in [4.78, 5) is 21.2. The largest absolute Gasteiger partial charge is 0.493 e. The van der Waals surface area contributed by atoms with E-state index in [1.54, 1.807) is 43.2 Å². The number of nitrogens with zero attached hydrogens (tertiary/aromatic N) is 9. The van der Waals surface area contributed by atoms with Crippen molar-refractivity contribution in [2.45, 2.75) is 44.9 Å². The zero-order valence-electron chi connectivity index (χ0n) is 24.2. The molecular formula is C27H37N9O4S. The van der Waals surface area contributed by atoms with E-state index in [9.17, 15) is 13.2 Å². The maximum Gasteiger partial charge on any atom is 0.280 e. The van der Waals surface area contributed by atoms with Gasteiger partial charge in [0.1, 0.15) is 23.4 Å². The Morgan fingerprint density at radius 1 is 1.02 bits per heavy atom. The third-order valence-electron chi connectivity index (χ3n) is 7.41. The second-order valence-electron chi connectivity index (χ2n) is 10.2. The lowest BCUT2D eigenvalue weighted by Gasteiger charge is -2.33. The van der Waals surface area contributed by atoms with Gasteiger partial charge in [-0.2, -0.15) is 14.1 Å². The first kappa shape index (κ1) is 28.9. The number of aromatic nitrogens is 7. The molecule has 1 aliphatic heterocycles. The zero-order chi connectivity index (χ0) is 29.3. The molecule has 0 aliphatic carbocycles. The van der Waals surface area contributed by atoms with E-state index in [0.29, 0.717) is 73.5 Å². The van der Waals surface area contributed by atoms with Gasteiger partial charge in [-0.3, -0.25) is 9.36 Å². The minimum atomic E-state index is -3.77. The number of hydrogen-bond acceptors (Lipinski definition) is 9. The Morgan fingerprint density at radius 3 is 2.41 bits per heavy atom. The van der Waals surface area contributed by atoms with E-state index in [4.69, 9.17) is 14.8 Å². The Morgan fingerprint density at radius 2 is 1.78 bits per heavy atom. The van der Waals surface area contributed by atoms with E-state index >= 15 is 0 Å². The maximum absolute atomic E-state index is 13.9. The fourth-order valence-corrected chi connectivity index (χ4v) is 6.53. The monoisotopic (exact) mass is 583 g/mol. The summed E-state index contributed by atoms with van der Waals surface area (Å²) in [5.74, 6) is 1.16. The van der Waals surface area contributed by atoms with Crippen LogP contribution in [0.4, 0.5) is 0 Å². The van der Waals surface area contributed by atoms with Crippen LogP contribution in [0.1, 0.15) is 39.3 Å². The van der Waals surface area contributed by atoms with E-state index < -0.39 is 10.0 Å². The van der Waals surface area contributed by atoms with Gasteiger partial charge < -0.3 is 14.2 Å². The Bertz CT molecular complexity index is 1720. The van der Waals surface area contributed by atoms with Gasteiger partial charge in [0, 0.05) is 40.3 Å². The maximum atomic E-state index is 13.9. The molecular weight excluding hydrogens is 546 g/mol. The normalized spacial score (nSPS) is 15.1. The predicted octanol–water partition coefficient (Wildman–Crippen LogP) is 1.98. The molecule has 0 radical (unpaired) electrons. The Labute approximate surface area is 239 Å². The molecule has 1 aromatic carbocycles. The molecule has 1 aliphatic rings. The van der Waals surface area contributed by atoms with Crippen LogP contribution in [0.15, 0.2) is 34.2 Å². The molecule has 0 unspecified atom stereocenters. The number of benzene rings is 1. The quantitative estimate of drug-likeness (QED) is 0.275. The average Bonchev–Trinajstić information content (AvgIpc) is 3.56. The van der Waals surface area contributed by atoms with E-state index in [2.05, 4.69) is 22.0 Å². The highest BCUT2D eigenvalue weighted by Gasteiger charge is 2.30. The van der Waals surface area contributed by atoms with Crippen LogP contribution in [0.2, 0.25) is 0 Å². The highest BCUT2D eigenvalue weighted by Crippen LogP contribution is 2.33. The van der Waals surface area contributed by atoms with Crippen molar-refractivity contribution in [3.8, 4) is 23.1 Å². The molecule has 5 rings (SSSR count). The SMILES string of the molecule is CCCOc1ccc(S(=O)(=O)N2CCN(CC)CC2)cc1-c1nc2c(CCC)nn(-c3nncn3C)c2c(=O)n1C. The standard InChI is InChI=1S/C27H37N9O4S/c1-6-9-21-23-24(36(31-21)27-30-28-18-32(27)4)26(37)33(5)25(29-23)20-17-19(10-11-22(20)40-16-7-2)41(38,39)35-14-12-34(8-3)13-15-35/h10-11,17-18H,6-9,12-16H2,1-5H3. The molecule has 0 saturated carbocycles. The second-order valence-corrected chi connectivity index (χ2v) is 12.1. The molecule has 0 N–H and O–H groups in total. The summed E-state index contributed by atoms with van der Waals surface area (Å²) in [5, 5.41) is 12.8. The first-order valence-electron chi connectivity index (χ1n) is 14.0. The minimum Gasteiger partial charge on any atom is -0.493 e. The van der Waals surface area contributed by atoms with Crippen LogP contribution in [0, 0.1) is 0 Å². The van der Waals surface area contributed by atoms with Gasteiger partial charge in [-0.15, -0.1) is 10.2 Å². The third-order valence-corrected chi connectivity index (χ3v) is 9.30. The molecule has 41 heavy (non-hydrogen) atoms. The Hall–Kier alpha value is -3.62. The smallest absolute Gasteiger partial charge is 0.280 e. The Balaban J connectivity index is 1.69. The molecule has 0 amide bonds. The summed E-state index contributed by atoms with van der Waals surface area (Å²) in [7, 11) is -0.377. The van der Waals surface area contributed by atoms with Crippen molar-refractivity contribution >= 4 is 21.1 Å². The number of rotatable bonds is 10. The highest BCUT2D eigenvalue weighted by atomic mass is 32.2. The van der Waals surface area contributed by atoms with Gasteiger partial charge in [-0.1, -0.05) is 27.2 Å². The van der Waals surface area contributed by atoms with Gasteiger partial charge in [0.25, 0.3) is 11.5 Å². The third kappa shape index (κ3) is 5.26. The highest BCUT2D eigenvalue weighted by molar-refractivity contribution is 7.89. The van der Waals surface area contributed by atoms with Gasteiger partial charge in [-0.25, -0.2) is 13.4 Å². The molecule has 14 heteroatoms. The lowest BCUT2D eigenvalue weighted by Crippen LogP contribution is -2.48. The van der Waals surface area contributed by atoms with Crippen LogP contribution in [0.3, 0.4) is 0 Å². The first-order chi connectivity index (χ1) is 19.7. The minimum absolute atomic E-state index is 0.138. The summed E-state index contributed by atoms with van der Waals surface area (Å²) in [5.41, 5.74) is 1.47. The number of likely N-dealkylation sites (N-methyl/N-ethyl adjacent to an activating group) is 1. The van der Waals surface area contributed by atoms with Gasteiger partial charge in [0.05, 0.1) is 22.8 Å². The van der Waals surface area contributed by atoms with Crippen LogP contribution in [-0.2, 0) is 30.5 Å². The van der Waals surface area contributed by atoms with Crippen LogP contribution in [0.25, 0.3) is 28.4 Å². The van der Waals surface area contributed by atoms with Crippen molar-refractivity contribution in [1.29, 1.82) is 0 Å². The van der Waals surface area contributed by atoms with Gasteiger partial charge >= 0.3 is 0 Å². The van der Waals surface area contributed by atoms with Crippen molar-refractivity contribution in [1.82, 2.24) is 43.3 Å². The molecule has 13 nitrogen and oxygen atoms in total. The number of hydrogen-bond donors (Lipinski definition) is 0. The molecule has 4 aromatic rings. The lowest BCUT2D eigenvalue weighted by atomic mass is 10.1. The number of piperazine rings is 1. The topological polar surface area (TPSA) is 133 Å². The number of ether oxygens (including phenoxy) is 1. The summed E-state index contributed by atoms with van der Waals surface area (Å²) < 4.78 is 39.6. The van der Waals surface area contributed by atoms with Gasteiger partial charge in [0.15, 0.2) is 5.52 Å². The average molecular weight is 584 g/mol. The predicted molar refractivity (Wildman–Crippen MR) is 155 cm³/mol.